The van der Waals surface area contributed by atoms with Crippen LogP contribution in [0.4, 0.5) is 0 Å². The van der Waals surface area contributed by atoms with Gasteiger partial charge in [-0.15, -0.1) is 11.3 Å². The summed E-state index contributed by atoms with van der Waals surface area (Å²) in [5.41, 5.74) is 0. The highest BCUT2D eigenvalue weighted by atomic mass is 79.9. The first-order valence-corrected chi connectivity index (χ1v) is 6.90. The van der Waals surface area contributed by atoms with E-state index in [2.05, 4.69) is 20.8 Å². The van der Waals surface area contributed by atoms with Crippen LogP contribution in [0.25, 0.3) is 0 Å². The molecule has 1 saturated heterocycles. The van der Waals surface area contributed by atoms with Gasteiger partial charge in [-0.25, -0.2) is 4.79 Å². The van der Waals surface area contributed by atoms with Gasteiger partial charge >= 0.3 is 5.97 Å². The topological polar surface area (TPSA) is 29.5 Å². The van der Waals surface area contributed by atoms with Gasteiger partial charge in [0.25, 0.3) is 0 Å². The molecular weight excluding hydrogens is 290 g/mol. The number of likely N-dealkylation sites (tertiary alicyclic amines) is 1. The predicted molar refractivity (Wildman–Crippen MR) is 67.6 cm³/mol. The van der Waals surface area contributed by atoms with Crippen LogP contribution in [-0.4, -0.2) is 31.1 Å². The number of halogens is 1. The molecule has 1 unspecified atom stereocenters. The Morgan fingerprint density at radius 2 is 2.19 bits per heavy atom. The van der Waals surface area contributed by atoms with Crippen molar-refractivity contribution in [2.24, 2.45) is 0 Å². The van der Waals surface area contributed by atoms with E-state index in [4.69, 9.17) is 4.74 Å². The van der Waals surface area contributed by atoms with Crippen LogP contribution in [0, 0.1) is 0 Å². The Morgan fingerprint density at radius 3 is 2.69 bits per heavy atom. The number of hydrogen-bond donors (Lipinski definition) is 0. The molecule has 1 aliphatic heterocycles. The molecule has 0 aromatic carbocycles. The maximum absolute atomic E-state index is 11.8. The molecule has 0 aliphatic carbocycles. The predicted octanol–water partition coefficient (Wildman–Crippen LogP) is 2.82. The minimum atomic E-state index is -0.219. The van der Waals surface area contributed by atoms with Gasteiger partial charge in [0.05, 0.1) is 10.9 Å². The molecule has 0 N–H and O–H groups in total. The number of carbonyl (C=O) groups excluding carboxylic acids is 1. The Bertz CT molecular complexity index is 374. The molecule has 0 amide bonds. The first kappa shape index (κ1) is 12.1. The molecule has 2 rings (SSSR count). The van der Waals surface area contributed by atoms with Gasteiger partial charge in [-0.05, 0) is 54.0 Å². The molecule has 88 valence electrons. The first-order valence-electron chi connectivity index (χ1n) is 5.29. The summed E-state index contributed by atoms with van der Waals surface area (Å²) < 4.78 is 5.95. The highest BCUT2D eigenvalue weighted by Gasteiger charge is 2.31. The van der Waals surface area contributed by atoms with Gasteiger partial charge < -0.3 is 4.74 Å². The zero-order chi connectivity index (χ0) is 11.5. The second-order valence-electron chi connectivity index (χ2n) is 3.81. The molecule has 0 spiro atoms. The molecule has 0 bridgehead atoms. The van der Waals surface area contributed by atoms with Crippen LogP contribution in [0.1, 0.15) is 23.8 Å². The van der Waals surface area contributed by atoms with Gasteiger partial charge in [0, 0.05) is 4.88 Å². The summed E-state index contributed by atoms with van der Waals surface area (Å²) in [5, 5.41) is 0. The Balaban J connectivity index is 2.23. The summed E-state index contributed by atoms with van der Waals surface area (Å²) in [5.74, 6) is -0.156. The quantitative estimate of drug-likeness (QED) is 0.804. The van der Waals surface area contributed by atoms with E-state index in [9.17, 15) is 4.79 Å². The number of methoxy groups -OCH3 is 1. The molecule has 16 heavy (non-hydrogen) atoms. The van der Waals surface area contributed by atoms with Crippen molar-refractivity contribution in [1.29, 1.82) is 0 Å². The molecule has 0 saturated carbocycles. The SMILES string of the molecule is COC(=O)C(c1ccc(Br)s1)N1CCCC1. The minimum Gasteiger partial charge on any atom is -0.468 e. The number of thiophene rings is 1. The lowest BCUT2D eigenvalue weighted by Gasteiger charge is -2.23. The van der Waals surface area contributed by atoms with Gasteiger partial charge in [0.2, 0.25) is 0 Å². The Labute approximate surface area is 108 Å². The van der Waals surface area contributed by atoms with Crippen molar-refractivity contribution in [2.75, 3.05) is 20.2 Å². The third-order valence-electron chi connectivity index (χ3n) is 2.79. The van der Waals surface area contributed by atoms with Crippen molar-refractivity contribution in [2.45, 2.75) is 18.9 Å². The summed E-state index contributed by atoms with van der Waals surface area (Å²) in [6.07, 6.45) is 2.33. The maximum atomic E-state index is 11.8. The number of ether oxygens (including phenoxy) is 1. The van der Waals surface area contributed by atoms with Gasteiger partial charge in [0.15, 0.2) is 0 Å². The van der Waals surface area contributed by atoms with Crippen LogP contribution in [-0.2, 0) is 9.53 Å². The second-order valence-corrected chi connectivity index (χ2v) is 6.31. The highest BCUT2D eigenvalue weighted by Crippen LogP contribution is 2.33. The van der Waals surface area contributed by atoms with E-state index in [1.54, 1.807) is 11.3 Å². The summed E-state index contributed by atoms with van der Waals surface area (Å²) in [7, 11) is 1.45. The summed E-state index contributed by atoms with van der Waals surface area (Å²) in [6, 6.07) is 3.75. The van der Waals surface area contributed by atoms with E-state index in [0.717, 1.165) is 21.8 Å². The summed E-state index contributed by atoms with van der Waals surface area (Å²) in [4.78, 5) is 15.1. The van der Waals surface area contributed by atoms with Crippen LogP contribution in [0.3, 0.4) is 0 Å². The van der Waals surface area contributed by atoms with Gasteiger partial charge in [0.1, 0.15) is 6.04 Å². The van der Waals surface area contributed by atoms with Gasteiger partial charge in [-0.1, -0.05) is 0 Å². The average molecular weight is 304 g/mol. The van der Waals surface area contributed by atoms with Crippen LogP contribution >= 0.6 is 27.3 Å². The Hall–Kier alpha value is -0.390. The molecule has 1 atom stereocenters. The van der Waals surface area contributed by atoms with Crippen molar-refractivity contribution in [1.82, 2.24) is 4.90 Å². The lowest BCUT2D eigenvalue weighted by atomic mass is 10.2. The lowest BCUT2D eigenvalue weighted by molar-refractivity contribution is -0.146. The van der Waals surface area contributed by atoms with E-state index in [0.29, 0.717) is 0 Å². The van der Waals surface area contributed by atoms with Gasteiger partial charge in [-0.2, -0.15) is 0 Å². The molecule has 2 heterocycles. The van der Waals surface area contributed by atoms with Crippen molar-refractivity contribution in [3.05, 3.63) is 20.8 Å². The van der Waals surface area contributed by atoms with Crippen LogP contribution < -0.4 is 0 Å². The maximum Gasteiger partial charge on any atom is 0.328 e. The minimum absolute atomic E-state index is 0.156. The van der Waals surface area contributed by atoms with Crippen molar-refractivity contribution in [3.8, 4) is 0 Å². The van der Waals surface area contributed by atoms with Crippen molar-refractivity contribution < 1.29 is 9.53 Å². The molecule has 3 nitrogen and oxygen atoms in total. The largest absolute Gasteiger partial charge is 0.468 e. The fourth-order valence-corrected chi connectivity index (χ4v) is 3.58. The molecule has 1 aromatic rings. The zero-order valence-corrected chi connectivity index (χ0v) is 11.5. The Kier molecular flexibility index (Phi) is 4.00. The van der Waals surface area contributed by atoms with Crippen molar-refractivity contribution in [3.63, 3.8) is 0 Å². The highest BCUT2D eigenvalue weighted by molar-refractivity contribution is 9.11. The average Bonchev–Trinajstić information content (AvgIpc) is 2.91. The Morgan fingerprint density at radius 1 is 1.50 bits per heavy atom. The fourth-order valence-electron chi connectivity index (χ4n) is 2.03. The molecule has 1 aromatic heterocycles. The lowest BCUT2D eigenvalue weighted by Crippen LogP contribution is -2.32. The molecule has 5 heteroatoms. The van der Waals surface area contributed by atoms with E-state index < -0.39 is 0 Å². The molecular formula is C11H14BrNO2S. The molecule has 0 radical (unpaired) electrons. The second kappa shape index (κ2) is 5.29. The number of hydrogen-bond acceptors (Lipinski definition) is 4. The molecule has 1 fully saturated rings. The number of carbonyl (C=O) groups is 1. The number of esters is 1. The summed E-state index contributed by atoms with van der Waals surface area (Å²) in [6.45, 7) is 1.96. The number of rotatable bonds is 3. The van der Waals surface area contributed by atoms with E-state index in [-0.39, 0.29) is 12.0 Å². The van der Waals surface area contributed by atoms with Crippen LogP contribution in [0.5, 0.6) is 0 Å². The first-order chi connectivity index (χ1) is 7.72. The third-order valence-corrected chi connectivity index (χ3v) is 4.47. The van der Waals surface area contributed by atoms with E-state index in [1.807, 2.05) is 12.1 Å². The third kappa shape index (κ3) is 2.47. The van der Waals surface area contributed by atoms with Crippen LogP contribution in [0.15, 0.2) is 15.9 Å². The van der Waals surface area contributed by atoms with E-state index in [1.165, 1.54) is 20.0 Å². The van der Waals surface area contributed by atoms with Crippen LogP contribution in [0.2, 0.25) is 0 Å². The standard InChI is InChI=1S/C11H14BrNO2S/c1-15-11(14)10(13-6-2-3-7-13)8-4-5-9(12)16-8/h4-5,10H,2-3,6-7H2,1H3. The number of nitrogens with zero attached hydrogens (tertiary/aromatic N) is 1. The monoisotopic (exact) mass is 303 g/mol. The summed E-state index contributed by atoms with van der Waals surface area (Å²) >= 11 is 5.03. The molecule has 1 aliphatic rings. The van der Waals surface area contributed by atoms with Gasteiger partial charge in [-0.3, -0.25) is 4.90 Å². The zero-order valence-electron chi connectivity index (χ0n) is 9.11. The fraction of sp³-hybridized carbons (Fsp3) is 0.545. The normalized spacial score (nSPS) is 18.6. The smallest absolute Gasteiger partial charge is 0.328 e. The van der Waals surface area contributed by atoms with Crippen molar-refractivity contribution >= 4 is 33.2 Å². The van der Waals surface area contributed by atoms with E-state index >= 15 is 0 Å².